The van der Waals surface area contributed by atoms with Crippen molar-refractivity contribution in [2.45, 2.75) is 45.1 Å². The Labute approximate surface area is 120 Å². The lowest BCUT2D eigenvalue weighted by atomic mass is 9.66. The molecule has 19 heavy (non-hydrogen) atoms. The fraction of sp³-hybridized carbons (Fsp3) is 0.562. The van der Waals surface area contributed by atoms with E-state index in [0.29, 0.717) is 10.9 Å². The van der Waals surface area contributed by atoms with Crippen molar-refractivity contribution in [1.82, 2.24) is 0 Å². The van der Waals surface area contributed by atoms with Gasteiger partial charge in [-0.05, 0) is 49.3 Å². The molecule has 3 heteroatoms. The molecule has 0 spiro atoms. The zero-order valence-electron chi connectivity index (χ0n) is 11.3. The summed E-state index contributed by atoms with van der Waals surface area (Å²) in [6.45, 7) is 2.19. The fourth-order valence-electron chi connectivity index (χ4n) is 3.01. The Morgan fingerprint density at radius 1 is 1.37 bits per heavy atom. The number of hydrogen-bond donors (Lipinski definition) is 1. The van der Waals surface area contributed by atoms with Crippen LogP contribution in [-0.4, -0.2) is 5.11 Å². The average molecular weight is 278 g/mol. The first-order valence-corrected chi connectivity index (χ1v) is 7.34. The highest BCUT2D eigenvalue weighted by Crippen LogP contribution is 2.47. The van der Waals surface area contributed by atoms with Crippen molar-refractivity contribution >= 4 is 11.6 Å². The molecule has 1 aromatic carbocycles. The van der Waals surface area contributed by atoms with Crippen molar-refractivity contribution in [3.05, 3.63) is 34.9 Å². The van der Waals surface area contributed by atoms with E-state index in [2.05, 4.69) is 13.0 Å². The topological polar surface area (TPSA) is 44.0 Å². The normalized spacial score (nSPS) is 28.6. The monoisotopic (exact) mass is 277 g/mol. The summed E-state index contributed by atoms with van der Waals surface area (Å²) < 4.78 is 0. The average Bonchev–Trinajstić information content (AvgIpc) is 2.47. The quantitative estimate of drug-likeness (QED) is 0.885. The summed E-state index contributed by atoms with van der Waals surface area (Å²) in [7, 11) is 0. The van der Waals surface area contributed by atoms with E-state index in [4.69, 9.17) is 11.6 Å². The van der Waals surface area contributed by atoms with Crippen molar-refractivity contribution in [1.29, 1.82) is 5.26 Å². The lowest BCUT2D eigenvalue weighted by molar-refractivity contribution is 0.0243. The van der Waals surface area contributed by atoms with Crippen LogP contribution in [0.15, 0.2) is 24.3 Å². The Kier molecular flexibility index (Phi) is 4.50. The fourth-order valence-corrected chi connectivity index (χ4v) is 3.14. The van der Waals surface area contributed by atoms with E-state index in [0.717, 1.165) is 31.2 Å². The van der Waals surface area contributed by atoms with E-state index in [1.807, 2.05) is 12.1 Å². The highest BCUT2D eigenvalue weighted by Gasteiger charge is 2.42. The summed E-state index contributed by atoms with van der Waals surface area (Å²) in [6.07, 6.45) is 4.09. The number of nitriles is 1. The van der Waals surface area contributed by atoms with Gasteiger partial charge in [0, 0.05) is 5.02 Å². The molecule has 1 aliphatic rings. The second-order valence-corrected chi connectivity index (χ2v) is 6.01. The van der Waals surface area contributed by atoms with Crippen LogP contribution in [0.4, 0.5) is 0 Å². The summed E-state index contributed by atoms with van der Waals surface area (Å²) >= 11 is 5.86. The van der Waals surface area contributed by atoms with E-state index < -0.39 is 11.5 Å². The van der Waals surface area contributed by atoms with Crippen LogP contribution in [0.1, 0.15) is 50.7 Å². The molecule has 0 aromatic heterocycles. The minimum atomic E-state index is -0.715. The van der Waals surface area contributed by atoms with Gasteiger partial charge in [0.2, 0.25) is 0 Å². The molecule has 0 bridgehead atoms. The van der Waals surface area contributed by atoms with Crippen LogP contribution in [0, 0.1) is 22.7 Å². The zero-order chi connectivity index (χ0) is 13.9. The minimum absolute atomic E-state index is 0.625. The molecule has 1 unspecified atom stereocenters. The number of benzene rings is 1. The third kappa shape index (κ3) is 2.94. The lowest BCUT2D eigenvalue weighted by Crippen LogP contribution is -2.32. The summed E-state index contributed by atoms with van der Waals surface area (Å²) in [5.74, 6) is 0.707. The van der Waals surface area contributed by atoms with Crippen LogP contribution in [0.2, 0.25) is 5.02 Å². The van der Waals surface area contributed by atoms with Gasteiger partial charge in [0.15, 0.2) is 0 Å². The first kappa shape index (κ1) is 14.4. The van der Waals surface area contributed by atoms with Crippen LogP contribution in [0.5, 0.6) is 0 Å². The molecular formula is C16H20ClNO. The van der Waals surface area contributed by atoms with Gasteiger partial charge in [0.05, 0.1) is 17.6 Å². The summed E-state index contributed by atoms with van der Waals surface area (Å²) in [5.41, 5.74) is 0.167. The van der Waals surface area contributed by atoms with Gasteiger partial charge in [-0.3, -0.25) is 0 Å². The van der Waals surface area contributed by atoms with E-state index in [9.17, 15) is 10.4 Å². The molecule has 0 radical (unpaired) electrons. The lowest BCUT2D eigenvalue weighted by Gasteiger charge is -2.38. The third-order valence-corrected chi connectivity index (χ3v) is 4.76. The molecule has 0 amide bonds. The molecule has 1 aliphatic carbocycles. The molecule has 0 heterocycles. The van der Waals surface area contributed by atoms with E-state index in [1.165, 1.54) is 6.42 Å². The molecule has 0 saturated heterocycles. The summed E-state index contributed by atoms with van der Waals surface area (Å²) in [5, 5.41) is 20.8. The Balaban J connectivity index is 2.18. The van der Waals surface area contributed by atoms with Crippen molar-refractivity contribution in [2.75, 3.05) is 0 Å². The number of aliphatic hydroxyl groups excluding tert-OH is 1. The van der Waals surface area contributed by atoms with Gasteiger partial charge in [0.25, 0.3) is 0 Å². The van der Waals surface area contributed by atoms with E-state index in [-0.39, 0.29) is 0 Å². The first-order valence-electron chi connectivity index (χ1n) is 6.96. The highest BCUT2D eigenvalue weighted by molar-refractivity contribution is 6.30. The van der Waals surface area contributed by atoms with Gasteiger partial charge >= 0.3 is 0 Å². The molecule has 1 N–H and O–H groups in total. The van der Waals surface area contributed by atoms with Crippen molar-refractivity contribution < 1.29 is 5.11 Å². The predicted molar refractivity (Wildman–Crippen MR) is 76.7 cm³/mol. The zero-order valence-corrected chi connectivity index (χ0v) is 12.0. The molecular weight excluding hydrogens is 258 g/mol. The molecule has 1 fully saturated rings. The van der Waals surface area contributed by atoms with Crippen LogP contribution >= 0.6 is 11.6 Å². The van der Waals surface area contributed by atoms with Gasteiger partial charge in [0.1, 0.15) is 0 Å². The number of rotatable bonds is 3. The molecule has 1 aromatic rings. The summed E-state index contributed by atoms with van der Waals surface area (Å²) in [6, 6.07) is 9.56. The number of hydrogen-bond acceptors (Lipinski definition) is 2. The van der Waals surface area contributed by atoms with Gasteiger partial charge in [-0.2, -0.15) is 5.26 Å². The number of halogens is 1. The van der Waals surface area contributed by atoms with Crippen molar-refractivity contribution in [2.24, 2.45) is 11.3 Å². The maximum Gasteiger partial charge on any atom is 0.0976 e. The molecule has 0 aliphatic heterocycles. The van der Waals surface area contributed by atoms with Crippen LogP contribution < -0.4 is 0 Å². The Hall–Kier alpha value is -1.04. The maximum atomic E-state index is 10.6. The smallest absolute Gasteiger partial charge is 0.0976 e. The van der Waals surface area contributed by atoms with E-state index in [1.54, 1.807) is 12.1 Å². The van der Waals surface area contributed by atoms with E-state index >= 15 is 0 Å². The predicted octanol–water partition coefficient (Wildman–Crippen LogP) is 4.48. The van der Waals surface area contributed by atoms with Gasteiger partial charge in [-0.15, -0.1) is 0 Å². The van der Waals surface area contributed by atoms with Gasteiger partial charge in [-0.25, -0.2) is 0 Å². The van der Waals surface area contributed by atoms with Gasteiger partial charge < -0.3 is 5.11 Å². The molecule has 2 nitrogen and oxygen atoms in total. The van der Waals surface area contributed by atoms with Crippen LogP contribution in [0.3, 0.4) is 0 Å². The second-order valence-electron chi connectivity index (χ2n) is 5.57. The van der Waals surface area contributed by atoms with Crippen LogP contribution in [-0.2, 0) is 0 Å². The third-order valence-electron chi connectivity index (χ3n) is 4.51. The van der Waals surface area contributed by atoms with Crippen LogP contribution in [0.25, 0.3) is 0 Å². The molecule has 1 saturated carbocycles. The second kappa shape index (κ2) is 5.94. The highest BCUT2D eigenvalue weighted by atomic mass is 35.5. The summed E-state index contributed by atoms with van der Waals surface area (Å²) in [4.78, 5) is 0. The van der Waals surface area contributed by atoms with Crippen molar-refractivity contribution in [3.8, 4) is 6.07 Å². The minimum Gasteiger partial charge on any atom is -0.387 e. The molecule has 102 valence electrons. The SMILES string of the molecule is CCC1CCC(C#N)(C(O)c2ccc(Cl)cc2)CC1. The standard InChI is InChI=1S/C16H20ClNO/c1-2-12-7-9-16(11-18,10-8-12)15(19)13-3-5-14(17)6-4-13/h3-6,12,15,19H,2,7-10H2,1H3. The maximum absolute atomic E-state index is 10.6. The Bertz CT molecular complexity index is 455. The number of aliphatic hydroxyl groups is 1. The number of nitrogens with zero attached hydrogens (tertiary/aromatic N) is 1. The first-order chi connectivity index (χ1) is 9.11. The molecule has 1 atom stereocenters. The molecule has 2 rings (SSSR count). The van der Waals surface area contributed by atoms with Crippen molar-refractivity contribution in [3.63, 3.8) is 0 Å². The largest absolute Gasteiger partial charge is 0.387 e. The van der Waals surface area contributed by atoms with Gasteiger partial charge in [-0.1, -0.05) is 37.1 Å². The Morgan fingerprint density at radius 2 is 1.95 bits per heavy atom. The Morgan fingerprint density at radius 3 is 2.42 bits per heavy atom.